The van der Waals surface area contributed by atoms with Gasteiger partial charge in [0.25, 0.3) is 0 Å². The predicted molar refractivity (Wildman–Crippen MR) is 87.5 cm³/mol. The highest BCUT2D eigenvalue weighted by Gasteiger charge is 2.50. The number of carboxylic acid groups (broad SMARTS) is 1. The first-order chi connectivity index (χ1) is 12.1. The molecule has 2 aliphatic rings. The summed E-state index contributed by atoms with van der Waals surface area (Å²) in [4.78, 5) is 29.5. The van der Waals surface area contributed by atoms with Crippen LogP contribution in [0.5, 0.6) is 0 Å². The Hall–Kier alpha value is -2.70. The maximum Gasteiger partial charge on any atom is 0.307 e. The Bertz CT molecular complexity index is 781. The van der Waals surface area contributed by atoms with Crippen molar-refractivity contribution >= 4 is 11.9 Å². The number of carboxylic acids is 1. The van der Waals surface area contributed by atoms with Gasteiger partial charge in [0.2, 0.25) is 17.6 Å². The van der Waals surface area contributed by atoms with Crippen molar-refractivity contribution in [2.45, 2.75) is 25.2 Å². The summed E-state index contributed by atoms with van der Waals surface area (Å²) in [6.07, 6.45) is 1.98. The molecule has 1 saturated heterocycles. The molecule has 7 heteroatoms. The van der Waals surface area contributed by atoms with Crippen LogP contribution in [-0.2, 0) is 9.59 Å². The van der Waals surface area contributed by atoms with E-state index in [4.69, 9.17) is 9.63 Å². The van der Waals surface area contributed by atoms with Crippen LogP contribution in [0.25, 0.3) is 11.4 Å². The smallest absolute Gasteiger partial charge is 0.307 e. The standard InChI is InChI=1S/C18H19N3O4/c22-17(13-10-14(13)18(23)24)21-8-6-12(7-9-21)16-19-15(20-25-16)11-4-2-1-3-5-11/h1-5,12-14H,6-10H2,(H,23,24)/t13-,14+/m0/s1. The number of carbonyl (C=O) groups is 2. The van der Waals surface area contributed by atoms with Gasteiger partial charge in [-0.05, 0) is 19.3 Å². The van der Waals surface area contributed by atoms with E-state index in [2.05, 4.69) is 10.1 Å². The number of likely N-dealkylation sites (tertiary alicyclic amines) is 1. The maximum absolute atomic E-state index is 12.3. The number of hydrogen-bond acceptors (Lipinski definition) is 5. The van der Waals surface area contributed by atoms with Crippen LogP contribution < -0.4 is 0 Å². The van der Waals surface area contributed by atoms with E-state index in [-0.39, 0.29) is 17.7 Å². The molecule has 0 bridgehead atoms. The molecule has 1 N–H and O–H groups in total. The minimum Gasteiger partial charge on any atom is -0.481 e. The fraction of sp³-hybridized carbons (Fsp3) is 0.444. The molecule has 2 fully saturated rings. The van der Waals surface area contributed by atoms with E-state index in [9.17, 15) is 9.59 Å². The molecule has 1 aromatic carbocycles. The molecule has 4 rings (SSSR count). The van der Waals surface area contributed by atoms with Gasteiger partial charge in [-0.25, -0.2) is 0 Å². The lowest BCUT2D eigenvalue weighted by atomic mass is 9.96. The van der Waals surface area contributed by atoms with Gasteiger partial charge in [0.1, 0.15) is 0 Å². The zero-order valence-electron chi connectivity index (χ0n) is 13.7. The van der Waals surface area contributed by atoms with Gasteiger partial charge < -0.3 is 14.5 Å². The molecule has 1 aromatic heterocycles. The van der Waals surface area contributed by atoms with Gasteiger partial charge >= 0.3 is 5.97 Å². The molecular formula is C18H19N3O4. The predicted octanol–water partition coefficient (Wildman–Crippen LogP) is 2.16. The van der Waals surface area contributed by atoms with Crippen LogP contribution in [0.3, 0.4) is 0 Å². The summed E-state index contributed by atoms with van der Waals surface area (Å²) in [6.45, 7) is 1.21. The Balaban J connectivity index is 1.36. The minimum absolute atomic E-state index is 0.0265. The summed E-state index contributed by atoms with van der Waals surface area (Å²) in [7, 11) is 0. The Kier molecular flexibility index (Phi) is 3.99. The first kappa shape index (κ1) is 15.8. The molecule has 1 aliphatic carbocycles. The summed E-state index contributed by atoms with van der Waals surface area (Å²) < 4.78 is 5.42. The van der Waals surface area contributed by atoms with Gasteiger partial charge in [0.05, 0.1) is 11.8 Å². The van der Waals surface area contributed by atoms with Crippen molar-refractivity contribution in [2.24, 2.45) is 11.8 Å². The van der Waals surface area contributed by atoms with E-state index in [0.717, 1.165) is 18.4 Å². The third kappa shape index (κ3) is 3.14. The lowest BCUT2D eigenvalue weighted by molar-refractivity contribution is -0.142. The second-order valence-corrected chi connectivity index (χ2v) is 6.71. The number of aromatic nitrogens is 2. The molecule has 1 amide bonds. The highest BCUT2D eigenvalue weighted by Crippen LogP contribution is 2.41. The number of nitrogens with zero attached hydrogens (tertiary/aromatic N) is 3. The van der Waals surface area contributed by atoms with E-state index in [1.807, 2.05) is 30.3 Å². The third-order valence-electron chi connectivity index (χ3n) is 5.05. The van der Waals surface area contributed by atoms with E-state index < -0.39 is 11.9 Å². The highest BCUT2D eigenvalue weighted by atomic mass is 16.5. The van der Waals surface area contributed by atoms with Crippen molar-refractivity contribution in [3.05, 3.63) is 36.2 Å². The summed E-state index contributed by atoms with van der Waals surface area (Å²) in [5.74, 6) is -0.383. The van der Waals surface area contributed by atoms with Gasteiger partial charge in [0, 0.05) is 24.6 Å². The lowest BCUT2D eigenvalue weighted by Crippen LogP contribution is -2.39. The second kappa shape index (κ2) is 6.31. The van der Waals surface area contributed by atoms with Crippen LogP contribution >= 0.6 is 0 Å². The molecule has 2 aromatic rings. The zero-order valence-corrected chi connectivity index (χ0v) is 13.7. The van der Waals surface area contributed by atoms with Crippen molar-refractivity contribution < 1.29 is 19.2 Å². The van der Waals surface area contributed by atoms with Gasteiger partial charge in [0.15, 0.2) is 0 Å². The molecular weight excluding hydrogens is 322 g/mol. The summed E-state index contributed by atoms with van der Waals surface area (Å²) in [5.41, 5.74) is 0.915. The number of amides is 1. The lowest BCUT2D eigenvalue weighted by Gasteiger charge is -2.30. The number of aliphatic carboxylic acids is 1. The van der Waals surface area contributed by atoms with Gasteiger partial charge in [-0.1, -0.05) is 35.5 Å². The van der Waals surface area contributed by atoms with E-state index in [1.165, 1.54) is 0 Å². The van der Waals surface area contributed by atoms with Crippen LogP contribution in [-0.4, -0.2) is 45.1 Å². The van der Waals surface area contributed by atoms with Crippen molar-refractivity contribution in [3.8, 4) is 11.4 Å². The van der Waals surface area contributed by atoms with Crippen molar-refractivity contribution in [3.63, 3.8) is 0 Å². The van der Waals surface area contributed by atoms with E-state index in [1.54, 1.807) is 4.90 Å². The summed E-state index contributed by atoms with van der Waals surface area (Å²) in [5, 5.41) is 13.0. The minimum atomic E-state index is -0.868. The molecule has 0 radical (unpaired) electrons. The van der Waals surface area contributed by atoms with Gasteiger partial charge in [-0.3, -0.25) is 9.59 Å². The van der Waals surface area contributed by atoms with Crippen molar-refractivity contribution in [1.82, 2.24) is 15.0 Å². The van der Waals surface area contributed by atoms with Crippen molar-refractivity contribution in [2.75, 3.05) is 13.1 Å². The molecule has 130 valence electrons. The topological polar surface area (TPSA) is 96.5 Å². The van der Waals surface area contributed by atoms with E-state index in [0.29, 0.717) is 31.2 Å². The first-order valence-corrected chi connectivity index (χ1v) is 8.54. The average molecular weight is 341 g/mol. The zero-order chi connectivity index (χ0) is 17.4. The van der Waals surface area contributed by atoms with Crippen LogP contribution in [0, 0.1) is 11.8 Å². The summed E-state index contributed by atoms with van der Waals surface area (Å²) >= 11 is 0. The fourth-order valence-electron chi connectivity index (χ4n) is 3.43. The normalized spacial score (nSPS) is 23.4. The van der Waals surface area contributed by atoms with Gasteiger partial charge in [-0.15, -0.1) is 0 Å². The Morgan fingerprint density at radius 3 is 2.48 bits per heavy atom. The molecule has 2 atom stereocenters. The largest absolute Gasteiger partial charge is 0.481 e. The molecule has 2 heterocycles. The number of rotatable bonds is 4. The van der Waals surface area contributed by atoms with Crippen molar-refractivity contribution in [1.29, 1.82) is 0 Å². The number of carbonyl (C=O) groups excluding carboxylic acids is 1. The highest BCUT2D eigenvalue weighted by molar-refractivity contribution is 5.89. The van der Waals surface area contributed by atoms with Gasteiger partial charge in [-0.2, -0.15) is 4.98 Å². The summed E-state index contributed by atoms with van der Waals surface area (Å²) in [6, 6.07) is 9.66. The third-order valence-corrected chi connectivity index (χ3v) is 5.05. The van der Waals surface area contributed by atoms with Crippen LogP contribution in [0.4, 0.5) is 0 Å². The molecule has 7 nitrogen and oxygen atoms in total. The molecule has 25 heavy (non-hydrogen) atoms. The maximum atomic E-state index is 12.3. The molecule has 1 aliphatic heterocycles. The number of hydrogen-bond donors (Lipinski definition) is 1. The van der Waals surface area contributed by atoms with E-state index >= 15 is 0 Å². The molecule has 0 spiro atoms. The number of benzene rings is 1. The fourth-order valence-corrected chi connectivity index (χ4v) is 3.43. The number of piperidine rings is 1. The average Bonchev–Trinajstić information content (AvgIpc) is 3.31. The second-order valence-electron chi connectivity index (χ2n) is 6.71. The Labute approximate surface area is 144 Å². The molecule has 0 unspecified atom stereocenters. The van der Waals surface area contributed by atoms with Crippen LogP contribution in [0.1, 0.15) is 31.1 Å². The Morgan fingerprint density at radius 1 is 1.12 bits per heavy atom. The molecule has 1 saturated carbocycles. The Morgan fingerprint density at radius 2 is 1.84 bits per heavy atom. The van der Waals surface area contributed by atoms with Crippen LogP contribution in [0.15, 0.2) is 34.9 Å². The van der Waals surface area contributed by atoms with Crippen LogP contribution in [0.2, 0.25) is 0 Å². The monoisotopic (exact) mass is 341 g/mol. The quantitative estimate of drug-likeness (QED) is 0.915. The SMILES string of the molecule is O=C(O)[C@@H]1C[C@@H]1C(=O)N1CCC(c2nc(-c3ccccc3)no2)CC1. The first-order valence-electron chi connectivity index (χ1n) is 8.54.